The molecule has 0 aliphatic carbocycles. The summed E-state index contributed by atoms with van der Waals surface area (Å²) in [6.07, 6.45) is 2.49. The van der Waals surface area contributed by atoms with Crippen molar-refractivity contribution in [3.63, 3.8) is 0 Å². The third-order valence-electron chi connectivity index (χ3n) is 5.75. The molecule has 0 saturated carbocycles. The van der Waals surface area contributed by atoms with Crippen LogP contribution in [0.5, 0.6) is 0 Å². The molecule has 1 amide bonds. The second-order valence-corrected chi connectivity index (χ2v) is 7.90. The summed E-state index contributed by atoms with van der Waals surface area (Å²) in [6, 6.07) is 10.0. The van der Waals surface area contributed by atoms with E-state index >= 15 is 0 Å². The van der Waals surface area contributed by atoms with Gasteiger partial charge in [0.1, 0.15) is 5.82 Å². The van der Waals surface area contributed by atoms with Gasteiger partial charge in [0, 0.05) is 25.6 Å². The minimum atomic E-state index is -2.92. The van der Waals surface area contributed by atoms with E-state index in [4.69, 9.17) is 5.26 Å². The molecule has 1 aromatic carbocycles. The quantitative estimate of drug-likeness (QED) is 0.605. The van der Waals surface area contributed by atoms with Crippen molar-refractivity contribution in [1.29, 1.82) is 5.26 Å². The summed E-state index contributed by atoms with van der Waals surface area (Å²) in [5.41, 5.74) is 2.03. The van der Waals surface area contributed by atoms with Crippen molar-refractivity contribution < 1.29 is 18.0 Å². The number of hydrogen-bond donors (Lipinski definition) is 0. The number of amides is 1. The van der Waals surface area contributed by atoms with Gasteiger partial charge >= 0.3 is 0 Å². The highest BCUT2D eigenvalue weighted by molar-refractivity contribution is 5.95. The number of fused-ring (bicyclic) bond motifs is 1. The minimum absolute atomic E-state index is 0.124. The van der Waals surface area contributed by atoms with E-state index in [2.05, 4.69) is 9.97 Å². The number of halogens is 3. The van der Waals surface area contributed by atoms with Crippen LogP contribution in [0.2, 0.25) is 0 Å². The molecule has 4 rings (SSSR count). The van der Waals surface area contributed by atoms with Crippen LogP contribution in [0, 0.1) is 17.1 Å². The van der Waals surface area contributed by atoms with Crippen molar-refractivity contribution in [3.05, 3.63) is 71.2 Å². The van der Waals surface area contributed by atoms with E-state index in [0.29, 0.717) is 29.1 Å². The topological polar surface area (TPSA) is 74.8 Å². The van der Waals surface area contributed by atoms with Gasteiger partial charge in [0.25, 0.3) is 11.8 Å². The van der Waals surface area contributed by atoms with Gasteiger partial charge in [-0.15, -0.1) is 0 Å². The Labute approximate surface area is 182 Å². The normalized spacial score (nSPS) is 14.6. The molecule has 0 saturated heterocycles. The maximum absolute atomic E-state index is 14.5. The maximum Gasteiger partial charge on any atom is 0.257 e. The van der Waals surface area contributed by atoms with Gasteiger partial charge in [-0.1, -0.05) is 12.1 Å². The van der Waals surface area contributed by atoms with Gasteiger partial charge in [0.05, 0.1) is 53.4 Å². The molecule has 0 bridgehead atoms. The van der Waals surface area contributed by atoms with Crippen molar-refractivity contribution in [1.82, 2.24) is 19.4 Å². The Morgan fingerprint density at radius 2 is 1.91 bits per heavy atom. The molecule has 0 N–H and O–H groups in total. The van der Waals surface area contributed by atoms with Crippen LogP contribution in [0.15, 0.2) is 42.7 Å². The van der Waals surface area contributed by atoms with Crippen LogP contribution in [0.1, 0.15) is 47.2 Å². The number of rotatable bonds is 4. The summed E-state index contributed by atoms with van der Waals surface area (Å²) in [5, 5.41) is 8.93. The Balaban J connectivity index is 1.58. The first-order valence-corrected chi connectivity index (χ1v) is 10.1. The average molecular weight is 439 g/mol. The van der Waals surface area contributed by atoms with Crippen molar-refractivity contribution in [3.8, 4) is 17.3 Å². The van der Waals surface area contributed by atoms with E-state index in [1.165, 1.54) is 24.1 Å². The van der Waals surface area contributed by atoms with Gasteiger partial charge < -0.3 is 9.47 Å². The molecule has 0 unspecified atom stereocenters. The Hall–Kier alpha value is -3.67. The molecule has 3 aromatic rings. The predicted octanol–water partition coefficient (Wildman–Crippen LogP) is 4.37. The van der Waals surface area contributed by atoms with E-state index in [1.807, 2.05) is 6.07 Å². The summed E-state index contributed by atoms with van der Waals surface area (Å²) >= 11 is 0. The summed E-state index contributed by atoms with van der Waals surface area (Å²) in [5.74, 6) is -4.96. The van der Waals surface area contributed by atoms with Gasteiger partial charge in [-0.05, 0) is 25.1 Å². The standard InChI is InChI=1S/C23H20F3N5O/c1-14(23(2,25)26)21-29-11-17-13-30(7-8-31(17)21)22(32)18-9-20(28-12-19(18)24)16-5-3-15(10-27)4-6-16/h3-6,9,11-12,14H,7-8,13H2,1-2H3/t14-/m1/s1. The van der Waals surface area contributed by atoms with E-state index in [0.717, 1.165) is 13.1 Å². The molecule has 6 nitrogen and oxygen atoms in total. The number of benzene rings is 1. The van der Waals surface area contributed by atoms with Crippen LogP contribution in [0.25, 0.3) is 11.3 Å². The molecular weight excluding hydrogens is 419 g/mol. The molecular formula is C23H20F3N5O. The summed E-state index contributed by atoms with van der Waals surface area (Å²) in [7, 11) is 0. The summed E-state index contributed by atoms with van der Waals surface area (Å²) in [4.78, 5) is 22.8. The second-order valence-electron chi connectivity index (χ2n) is 7.90. The number of alkyl halides is 2. The molecule has 1 aliphatic rings. The Bertz CT molecular complexity index is 1210. The van der Waals surface area contributed by atoms with Gasteiger partial charge in [0.15, 0.2) is 5.82 Å². The Morgan fingerprint density at radius 3 is 2.56 bits per heavy atom. The molecule has 1 aliphatic heterocycles. The average Bonchev–Trinajstić information content (AvgIpc) is 3.21. The SMILES string of the molecule is C[C@H](c1ncc2n1CCN(C(=O)c1cc(-c3ccc(C#N)cc3)ncc1F)C2)C(C)(F)F. The van der Waals surface area contributed by atoms with Crippen LogP contribution in [0.3, 0.4) is 0 Å². The van der Waals surface area contributed by atoms with Crippen molar-refractivity contribution in [2.45, 2.75) is 38.8 Å². The molecule has 0 radical (unpaired) electrons. The zero-order chi connectivity index (χ0) is 23.0. The second kappa shape index (κ2) is 8.11. The third-order valence-corrected chi connectivity index (χ3v) is 5.75. The number of imidazole rings is 1. The number of carbonyl (C=O) groups is 1. The summed E-state index contributed by atoms with van der Waals surface area (Å²) in [6.45, 7) is 2.96. The smallest absolute Gasteiger partial charge is 0.257 e. The van der Waals surface area contributed by atoms with E-state index < -0.39 is 23.6 Å². The lowest BCUT2D eigenvalue weighted by Gasteiger charge is -2.30. The molecule has 0 spiro atoms. The van der Waals surface area contributed by atoms with Crippen molar-refractivity contribution >= 4 is 5.91 Å². The monoisotopic (exact) mass is 439 g/mol. The Morgan fingerprint density at radius 1 is 1.19 bits per heavy atom. The van der Waals surface area contributed by atoms with Crippen LogP contribution in [0.4, 0.5) is 13.2 Å². The molecule has 3 heterocycles. The highest BCUT2D eigenvalue weighted by Crippen LogP contribution is 2.33. The number of aromatic nitrogens is 3. The number of nitriles is 1. The predicted molar refractivity (Wildman–Crippen MR) is 110 cm³/mol. The lowest BCUT2D eigenvalue weighted by Crippen LogP contribution is -2.39. The van der Waals surface area contributed by atoms with Gasteiger partial charge in [-0.3, -0.25) is 9.78 Å². The minimum Gasteiger partial charge on any atom is -0.331 e. The molecule has 0 fully saturated rings. The van der Waals surface area contributed by atoms with Crippen LogP contribution in [-0.4, -0.2) is 37.8 Å². The molecule has 164 valence electrons. The molecule has 32 heavy (non-hydrogen) atoms. The van der Waals surface area contributed by atoms with Crippen molar-refractivity contribution in [2.75, 3.05) is 6.54 Å². The highest BCUT2D eigenvalue weighted by atomic mass is 19.3. The number of pyridine rings is 1. The van der Waals surface area contributed by atoms with Gasteiger partial charge in [-0.2, -0.15) is 5.26 Å². The maximum atomic E-state index is 14.5. The lowest BCUT2D eigenvalue weighted by atomic mass is 10.0. The molecule has 2 aromatic heterocycles. The van der Waals surface area contributed by atoms with Gasteiger partial charge in [0.2, 0.25) is 0 Å². The lowest BCUT2D eigenvalue weighted by molar-refractivity contribution is -0.00626. The van der Waals surface area contributed by atoms with Gasteiger partial charge in [-0.25, -0.2) is 18.2 Å². The first-order chi connectivity index (χ1) is 15.2. The fraction of sp³-hybridized carbons (Fsp3) is 0.304. The van der Waals surface area contributed by atoms with Crippen molar-refractivity contribution in [2.24, 2.45) is 0 Å². The summed E-state index contributed by atoms with van der Waals surface area (Å²) < 4.78 is 43.7. The van der Waals surface area contributed by atoms with E-state index in [-0.39, 0.29) is 24.5 Å². The molecule has 9 heteroatoms. The van der Waals surface area contributed by atoms with E-state index in [9.17, 15) is 18.0 Å². The molecule has 1 atom stereocenters. The van der Waals surface area contributed by atoms with E-state index in [1.54, 1.807) is 28.8 Å². The zero-order valence-corrected chi connectivity index (χ0v) is 17.5. The highest BCUT2D eigenvalue weighted by Gasteiger charge is 2.36. The third kappa shape index (κ3) is 3.96. The fourth-order valence-electron chi connectivity index (χ4n) is 3.70. The first kappa shape index (κ1) is 21.6. The van der Waals surface area contributed by atoms with Crippen LogP contribution >= 0.6 is 0 Å². The number of hydrogen-bond acceptors (Lipinski definition) is 4. The first-order valence-electron chi connectivity index (χ1n) is 10.1. The zero-order valence-electron chi connectivity index (χ0n) is 17.5. The van der Waals surface area contributed by atoms with Crippen LogP contribution in [-0.2, 0) is 13.1 Å². The largest absolute Gasteiger partial charge is 0.331 e. The Kier molecular flexibility index (Phi) is 5.46. The fourth-order valence-corrected chi connectivity index (χ4v) is 3.70. The number of carbonyl (C=O) groups excluding carboxylic acids is 1. The number of nitrogens with zero attached hydrogens (tertiary/aromatic N) is 5. The van der Waals surface area contributed by atoms with Crippen LogP contribution < -0.4 is 0 Å².